The van der Waals surface area contributed by atoms with Crippen LogP contribution >= 0.6 is 0 Å². The number of fused-ring (bicyclic) bond motifs is 9. The van der Waals surface area contributed by atoms with E-state index < -0.39 is 0 Å². The maximum absolute atomic E-state index is 5.19. The standard InChI is InChI=1S/C47H57N3/c1-9-12-17-32-21-22-36-37(26-32)47(11-3,46(8,10-2)50-25-16-15-20-41(36)50)29-33-31-49-42-28-39-38(44(4,5)23-24-45(39,6)7)27-40(42)48-30-43(49)35-19-14-13-18-34(33)35/h13-16,18-22,25-28,30,33H,9-12,17,23-24,29,31H2,1-8H3/q+2. The Labute approximate surface area is 300 Å². The number of hydrogen-bond acceptors (Lipinski definition) is 1. The van der Waals surface area contributed by atoms with E-state index >= 15 is 0 Å². The van der Waals surface area contributed by atoms with Gasteiger partial charge in [-0.3, -0.25) is 0 Å². The van der Waals surface area contributed by atoms with Crippen molar-refractivity contribution in [1.29, 1.82) is 0 Å². The van der Waals surface area contributed by atoms with Crippen molar-refractivity contribution in [2.45, 2.75) is 141 Å². The van der Waals surface area contributed by atoms with E-state index in [9.17, 15) is 0 Å². The lowest BCUT2D eigenvalue weighted by molar-refractivity contribution is -0.766. The molecule has 3 heteroatoms. The van der Waals surface area contributed by atoms with Gasteiger partial charge in [-0.05, 0) is 101 Å². The summed E-state index contributed by atoms with van der Waals surface area (Å²) in [4.78, 5) is 5.19. The van der Waals surface area contributed by atoms with Gasteiger partial charge >= 0.3 is 0 Å². The molecule has 2 aliphatic heterocycles. The van der Waals surface area contributed by atoms with Gasteiger partial charge in [-0.15, -0.1) is 0 Å². The minimum Gasteiger partial charge on any atom is -0.243 e. The van der Waals surface area contributed by atoms with Crippen LogP contribution < -0.4 is 9.13 Å². The second-order valence-electron chi connectivity index (χ2n) is 17.4. The van der Waals surface area contributed by atoms with Crippen LogP contribution in [0.15, 0.2) is 85.2 Å². The molecular formula is C47H57N3+2. The molecule has 0 amide bonds. The van der Waals surface area contributed by atoms with E-state index in [0.29, 0.717) is 5.92 Å². The fourth-order valence-electron chi connectivity index (χ4n) is 10.6. The summed E-state index contributed by atoms with van der Waals surface area (Å²) in [6.45, 7) is 20.5. The van der Waals surface area contributed by atoms with Crippen LogP contribution in [0.5, 0.6) is 0 Å². The Morgan fingerprint density at radius 2 is 1.48 bits per heavy atom. The zero-order valence-electron chi connectivity index (χ0n) is 31.9. The SMILES string of the molecule is CCCCc1ccc2c(c1)C(CC)(CC1C[n+]3c(cnc4cc5c(cc43)C(C)(C)CCC5(C)C)-c3ccccc31)C(C)(CC)[n+]1ccccc1-2. The molecule has 0 N–H and O–H groups in total. The Morgan fingerprint density at radius 1 is 0.740 bits per heavy atom. The molecule has 3 aliphatic rings. The molecule has 3 unspecified atom stereocenters. The number of rotatable bonds is 7. The van der Waals surface area contributed by atoms with Gasteiger partial charge in [0.15, 0.2) is 18.3 Å². The monoisotopic (exact) mass is 663 g/mol. The summed E-state index contributed by atoms with van der Waals surface area (Å²) >= 11 is 0. The molecule has 3 nitrogen and oxygen atoms in total. The fourth-order valence-corrected chi connectivity index (χ4v) is 10.6. The molecule has 1 aliphatic carbocycles. The van der Waals surface area contributed by atoms with E-state index in [-0.39, 0.29) is 21.8 Å². The van der Waals surface area contributed by atoms with Crippen LogP contribution in [-0.2, 0) is 34.7 Å². The first-order chi connectivity index (χ1) is 24.0. The molecule has 5 aromatic rings. The molecule has 0 saturated carbocycles. The number of aryl methyl sites for hydroxylation is 1. The Hall–Kier alpha value is -3.85. The minimum atomic E-state index is -0.0798. The zero-order valence-corrected chi connectivity index (χ0v) is 31.9. The Balaban J connectivity index is 1.33. The summed E-state index contributed by atoms with van der Waals surface area (Å²) in [6, 6.07) is 28.5. The molecule has 8 rings (SSSR count). The highest BCUT2D eigenvalue weighted by Crippen LogP contribution is 2.55. The average Bonchev–Trinajstić information content (AvgIpc) is 3.13. The van der Waals surface area contributed by atoms with Crippen molar-refractivity contribution in [3.8, 4) is 22.5 Å². The molecule has 0 saturated heterocycles. The van der Waals surface area contributed by atoms with Crippen molar-refractivity contribution in [3.63, 3.8) is 0 Å². The summed E-state index contributed by atoms with van der Waals surface area (Å²) < 4.78 is 5.30. The molecule has 3 aromatic carbocycles. The van der Waals surface area contributed by atoms with Gasteiger partial charge in [0.05, 0.1) is 16.5 Å². The molecular weight excluding hydrogens is 607 g/mol. The van der Waals surface area contributed by atoms with E-state index in [1.807, 2.05) is 0 Å². The van der Waals surface area contributed by atoms with Gasteiger partial charge in [-0.1, -0.05) is 85.2 Å². The first-order valence-electron chi connectivity index (χ1n) is 19.6. The van der Waals surface area contributed by atoms with E-state index in [1.54, 1.807) is 5.56 Å². The van der Waals surface area contributed by atoms with Crippen molar-refractivity contribution in [1.82, 2.24) is 4.98 Å². The maximum Gasteiger partial charge on any atom is 0.231 e. The second kappa shape index (κ2) is 11.9. The lowest BCUT2D eigenvalue weighted by atomic mass is 9.55. The van der Waals surface area contributed by atoms with Crippen molar-refractivity contribution in [2.24, 2.45) is 0 Å². The Kier molecular flexibility index (Phi) is 7.90. The highest BCUT2D eigenvalue weighted by molar-refractivity contribution is 5.77. The van der Waals surface area contributed by atoms with Crippen molar-refractivity contribution >= 4 is 11.0 Å². The van der Waals surface area contributed by atoms with Gasteiger partial charge in [0.2, 0.25) is 16.9 Å². The lowest BCUT2D eigenvalue weighted by Crippen LogP contribution is -2.68. The molecule has 4 heterocycles. The summed E-state index contributed by atoms with van der Waals surface area (Å²) in [7, 11) is 0. The molecule has 2 aromatic heterocycles. The lowest BCUT2D eigenvalue weighted by Gasteiger charge is -2.50. The summed E-state index contributed by atoms with van der Waals surface area (Å²) in [5, 5.41) is 0. The summed E-state index contributed by atoms with van der Waals surface area (Å²) in [6.07, 6.45) is 13.8. The van der Waals surface area contributed by atoms with E-state index in [0.717, 1.165) is 37.7 Å². The highest BCUT2D eigenvalue weighted by atomic mass is 15.1. The second-order valence-corrected chi connectivity index (χ2v) is 17.4. The molecule has 0 spiro atoms. The highest BCUT2D eigenvalue weighted by Gasteiger charge is 2.60. The Bertz CT molecular complexity index is 2120. The molecule has 0 radical (unpaired) electrons. The number of unbranched alkanes of at least 4 members (excludes halogenated alkanes) is 1. The average molecular weight is 664 g/mol. The van der Waals surface area contributed by atoms with E-state index in [1.165, 1.54) is 76.0 Å². The molecule has 3 atom stereocenters. The van der Waals surface area contributed by atoms with Crippen LogP contribution in [0.4, 0.5) is 0 Å². The predicted molar refractivity (Wildman–Crippen MR) is 207 cm³/mol. The quantitative estimate of drug-likeness (QED) is 0.159. The summed E-state index contributed by atoms with van der Waals surface area (Å²) in [5.41, 5.74) is 15.5. The number of aromatic nitrogens is 3. The van der Waals surface area contributed by atoms with Crippen molar-refractivity contribution < 1.29 is 9.13 Å². The third-order valence-electron chi connectivity index (χ3n) is 13.9. The smallest absolute Gasteiger partial charge is 0.231 e. The summed E-state index contributed by atoms with van der Waals surface area (Å²) in [5.74, 6) is 0.360. The zero-order chi connectivity index (χ0) is 35.1. The van der Waals surface area contributed by atoms with E-state index in [2.05, 4.69) is 150 Å². The minimum absolute atomic E-state index is 0.0534. The van der Waals surface area contributed by atoms with Crippen LogP contribution in [0, 0.1) is 0 Å². The first kappa shape index (κ1) is 33.3. The molecule has 50 heavy (non-hydrogen) atoms. The van der Waals surface area contributed by atoms with Crippen LogP contribution in [0.2, 0.25) is 0 Å². The fraction of sp³-hybridized carbons (Fsp3) is 0.468. The molecule has 258 valence electrons. The van der Waals surface area contributed by atoms with Crippen LogP contribution in [0.25, 0.3) is 33.5 Å². The van der Waals surface area contributed by atoms with Crippen LogP contribution in [0.3, 0.4) is 0 Å². The van der Waals surface area contributed by atoms with Crippen LogP contribution in [-0.4, -0.2) is 4.98 Å². The number of hydrogen-bond donors (Lipinski definition) is 0. The van der Waals surface area contributed by atoms with Crippen molar-refractivity contribution in [3.05, 3.63) is 113 Å². The first-order valence-corrected chi connectivity index (χ1v) is 19.6. The third kappa shape index (κ3) is 4.78. The van der Waals surface area contributed by atoms with Gasteiger partial charge in [0, 0.05) is 37.5 Å². The largest absolute Gasteiger partial charge is 0.243 e. The normalized spacial score (nSPS) is 24.1. The van der Waals surface area contributed by atoms with Gasteiger partial charge in [-0.2, -0.15) is 9.13 Å². The number of benzene rings is 3. The number of nitrogens with zero attached hydrogens (tertiary/aromatic N) is 3. The van der Waals surface area contributed by atoms with Gasteiger partial charge < -0.3 is 0 Å². The maximum atomic E-state index is 5.19. The van der Waals surface area contributed by atoms with Crippen molar-refractivity contribution in [2.75, 3.05) is 0 Å². The Morgan fingerprint density at radius 3 is 2.22 bits per heavy atom. The number of pyridine rings is 1. The molecule has 0 fully saturated rings. The topological polar surface area (TPSA) is 20.6 Å². The van der Waals surface area contributed by atoms with Gasteiger partial charge in [0.1, 0.15) is 11.7 Å². The third-order valence-corrected chi connectivity index (χ3v) is 13.9. The van der Waals surface area contributed by atoms with Gasteiger partial charge in [-0.25, -0.2) is 4.98 Å². The van der Waals surface area contributed by atoms with Gasteiger partial charge in [0.25, 0.3) is 0 Å². The molecule has 0 bridgehead atoms. The van der Waals surface area contributed by atoms with Crippen LogP contribution in [0.1, 0.15) is 134 Å². The predicted octanol–water partition coefficient (Wildman–Crippen LogP) is 10.8. The van der Waals surface area contributed by atoms with E-state index in [4.69, 9.17) is 4.98 Å².